The van der Waals surface area contributed by atoms with Crippen molar-refractivity contribution in [3.63, 3.8) is 0 Å². The number of carboxylic acid groups (broad SMARTS) is 1. The van der Waals surface area contributed by atoms with E-state index in [1.165, 1.54) is 0 Å². The van der Waals surface area contributed by atoms with Crippen LogP contribution in [0.4, 0.5) is 0 Å². The molecule has 4 heteroatoms. The number of aliphatic hydroxyl groups is 1. The predicted molar refractivity (Wildman–Crippen MR) is 104 cm³/mol. The fourth-order valence-corrected chi connectivity index (χ4v) is 3.84. The molecule has 0 unspecified atom stereocenters. The van der Waals surface area contributed by atoms with Gasteiger partial charge in [0.05, 0.1) is 6.54 Å². The van der Waals surface area contributed by atoms with Gasteiger partial charge in [-0.25, -0.2) is 4.79 Å². The summed E-state index contributed by atoms with van der Waals surface area (Å²) in [5, 5.41) is 20.7. The van der Waals surface area contributed by atoms with Crippen LogP contribution in [-0.2, 0) is 10.4 Å². The van der Waals surface area contributed by atoms with Crippen molar-refractivity contribution >= 4 is 5.97 Å². The predicted octanol–water partition coefficient (Wildman–Crippen LogP) is 3.50. The summed E-state index contributed by atoms with van der Waals surface area (Å²) in [4.78, 5) is 14.1. The number of aliphatic carboxylic acids is 1. The Morgan fingerprint density at radius 2 is 1.73 bits per heavy atom. The molecule has 0 amide bonds. The first-order valence-corrected chi connectivity index (χ1v) is 9.71. The summed E-state index contributed by atoms with van der Waals surface area (Å²) in [5.74, 6) is 5.65. The third-order valence-electron chi connectivity index (χ3n) is 5.69. The van der Waals surface area contributed by atoms with Crippen molar-refractivity contribution in [2.75, 3.05) is 19.6 Å². The van der Waals surface area contributed by atoms with Gasteiger partial charge in [0.25, 0.3) is 0 Å². The molecule has 0 spiro atoms. The van der Waals surface area contributed by atoms with Crippen LogP contribution in [0.25, 0.3) is 0 Å². The van der Waals surface area contributed by atoms with Gasteiger partial charge in [0.1, 0.15) is 0 Å². The summed E-state index contributed by atoms with van der Waals surface area (Å²) < 4.78 is 0. The number of carbonyl (C=O) groups is 1. The highest BCUT2D eigenvalue weighted by atomic mass is 16.4. The smallest absolute Gasteiger partial charge is 0.340 e. The highest BCUT2D eigenvalue weighted by molar-refractivity contribution is 5.79. The minimum atomic E-state index is -1.79. The molecular weight excluding hydrogens is 326 g/mol. The number of carboxylic acids is 1. The largest absolute Gasteiger partial charge is 0.479 e. The number of rotatable bonds is 7. The summed E-state index contributed by atoms with van der Waals surface area (Å²) in [7, 11) is 0. The first kappa shape index (κ1) is 20.5. The molecule has 0 saturated heterocycles. The number of hydrogen-bond acceptors (Lipinski definition) is 3. The molecule has 4 nitrogen and oxygen atoms in total. The lowest BCUT2D eigenvalue weighted by atomic mass is 9.70. The van der Waals surface area contributed by atoms with E-state index in [2.05, 4.69) is 30.6 Å². The normalized spacial score (nSPS) is 22.3. The summed E-state index contributed by atoms with van der Waals surface area (Å²) in [6, 6.07) is 8.80. The van der Waals surface area contributed by atoms with Crippen molar-refractivity contribution in [1.29, 1.82) is 0 Å². The van der Waals surface area contributed by atoms with Crippen molar-refractivity contribution in [1.82, 2.24) is 4.90 Å². The second kappa shape index (κ2) is 9.75. The first-order valence-electron chi connectivity index (χ1n) is 9.71. The van der Waals surface area contributed by atoms with Gasteiger partial charge in [-0.1, -0.05) is 50.1 Å². The Morgan fingerprint density at radius 1 is 1.12 bits per heavy atom. The molecule has 0 aliphatic heterocycles. The molecule has 1 aliphatic rings. The lowest BCUT2D eigenvalue weighted by molar-refractivity contribution is -0.169. The van der Waals surface area contributed by atoms with Gasteiger partial charge in [-0.3, -0.25) is 4.90 Å². The molecule has 2 rings (SSSR count). The lowest BCUT2D eigenvalue weighted by Gasteiger charge is -2.37. The maximum absolute atomic E-state index is 11.9. The number of hydrogen-bond donors (Lipinski definition) is 2. The standard InChI is InChI=1S/C22H31NO3/c1-3-23(4-2)17-9-8-10-18-13-15-20(16-14-18)22(26,21(24)25)19-11-6-5-7-12-19/h5-7,11-12,18,20,26H,3-4,10,13-17H2,1-2H3,(H,24,25)/t18?,20?,22-/m0/s1. The zero-order chi connectivity index (χ0) is 19.0. The van der Waals surface area contributed by atoms with Crippen LogP contribution in [0.5, 0.6) is 0 Å². The van der Waals surface area contributed by atoms with E-state index >= 15 is 0 Å². The molecule has 0 heterocycles. The van der Waals surface area contributed by atoms with Crippen LogP contribution in [0.3, 0.4) is 0 Å². The maximum atomic E-state index is 11.9. The molecule has 1 atom stereocenters. The summed E-state index contributed by atoms with van der Waals surface area (Å²) in [5.41, 5.74) is -1.31. The lowest BCUT2D eigenvalue weighted by Crippen LogP contribution is -2.44. The van der Waals surface area contributed by atoms with Crippen LogP contribution in [0, 0.1) is 23.7 Å². The second-order valence-corrected chi connectivity index (χ2v) is 7.17. The fourth-order valence-electron chi connectivity index (χ4n) is 3.84. The van der Waals surface area contributed by atoms with E-state index in [-0.39, 0.29) is 5.92 Å². The van der Waals surface area contributed by atoms with Crippen molar-refractivity contribution in [3.05, 3.63) is 35.9 Å². The van der Waals surface area contributed by atoms with E-state index in [4.69, 9.17) is 0 Å². The molecule has 1 fully saturated rings. The van der Waals surface area contributed by atoms with E-state index in [0.717, 1.165) is 51.7 Å². The minimum absolute atomic E-state index is 0.248. The monoisotopic (exact) mass is 357 g/mol. The minimum Gasteiger partial charge on any atom is -0.479 e. The first-order chi connectivity index (χ1) is 12.5. The van der Waals surface area contributed by atoms with Crippen molar-refractivity contribution in [2.45, 2.75) is 51.6 Å². The highest BCUT2D eigenvalue weighted by Gasteiger charge is 2.46. The van der Waals surface area contributed by atoms with Crippen molar-refractivity contribution in [3.8, 4) is 11.8 Å². The van der Waals surface area contributed by atoms with Crippen LogP contribution in [-0.4, -0.2) is 40.7 Å². The Kier molecular flexibility index (Phi) is 7.68. The zero-order valence-corrected chi connectivity index (χ0v) is 15.9. The maximum Gasteiger partial charge on any atom is 0.340 e. The van der Waals surface area contributed by atoms with Crippen LogP contribution in [0.15, 0.2) is 30.3 Å². The molecule has 1 aromatic carbocycles. The SMILES string of the molecule is CCN(CC)CC#CCC1CCC([C@](O)(C(=O)O)c2ccccc2)CC1. The van der Waals surface area contributed by atoms with Crippen LogP contribution in [0.1, 0.15) is 51.5 Å². The van der Waals surface area contributed by atoms with E-state index in [0.29, 0.717) is 11.5 Å². The van der Waals surface area contributed by atoms with Gasteiger partial charge in [-0.05, 0) is 50.3 Å². The molecule has 0 radical (unpaired) electrons. The van der Waals surface area contributed by atoms with E-state index in [1.54, 1.807) is 24.3 Å². The summed E-state index contributed by atoms with van der Waals surface area (Å²) in [6.45, 7) is 7.13. The molecule has 1 aliphatic carbocycles. The molecule has 26 heavy (non-hydrogen) atoms. The average Bonchev–Trinajstić information content (AvgIpc) is 2.68. The van der Waals surface area contributed by atoms with E-state index in [1.807, 2.05) is 6.07 Å². The van der Waals surface area contributed by atoms with Gasteiger partial charge in [-0.15, -0.1) is 5.92 Å². The second-order valence-electron chi connectivity index (χ2n) is 7.17. The molecule has 1 saturated carbocycles. The van der Waals surface area contributed by atoms with Crippen molar-refractivity contribution in [2.24, 2.45) is 11.8 Å². The Hall–Kier alpha value is -1.83. The van der Waals surface area contributed by atoms with Gasteiger partial charge in [-0.2, -0.15) is 0 Å². The Labute approximate surface area is 157 Å². The van der Waals surface area contributed by atoms with E-state index < -0.39 is 11.6 Å². The van der Waals surface area contributed by atoms with Crippen LogP contribution >= 0.6 is 0 Å². The van der Waals surface area contributed by atoms with Gasteiger partial charge in [0.2, 0.25) is 0 Å². The van der Waals surface area contributed by atoms with Crippen LogP contribution < -0.4 is 0 Å². The quantitative estimate of drug-likeness (QED) is 0.733. The number of nitrogens with zero attached hydrogens (tertiary/aromatic N) is 1. The average molecular weight is 357 g/mol. The van der Waals surface area contributed by atoms with Gasteiger partial charge in [0.15, 0.2) is 5.60 Å². The number of benzene rings is 1. The van der Waals surface area contributed by atoms with Gasteiger partial charge in [0, 0.05) is 12.3 Å². The van der Waals surface area contributed by atoms with Crippen LogP contribution in [0.2, 0.25) is 0 Å². The fraction of sp³-hybridized carbons (Fsp3) is 0.591. The molecular formula is C22H31NO3. The Balaban J connectivity index is 1.92. The van der Waals surface area contributed by atoms with Gasteiger partial charge >= 0.3 is 5.97 Å². The third-order valence-corrected chi connectivity index (χ3v) is 5.69. The molecule has 0 bridgehead atoms. The zero-order valence-electron chi connectivity index (χ0n) is 15.9. The third kappa shape index (κ3) is 4.87. The molecule has 1 aromatic rings. The summed E-state index contributed by atoms with van der Waals surface area (Å²) in [6.07, 6.45) is 4.16. The molecule has 2 N–H and O–H groups in total. The topological polar surface area (TPSA) is 60.8 Å². The Morgan fingerprint density at radius 3 is 2.27 bits per heavy atom. The molecule has 0 aromatic heterocycles. The Bertz CT molecular complexity index is 622. The highest BCUT2D eigenvalue weighted by Crippen LogP contribution is 2.42. The van der Waals surface area contributed by atoms with Crippen molar-refractivity contribution < 1.29 is 15.0 Å². The molecule has 142 valence electrons. The van der Waals surface area contributed by atoms with Gasteiger partial charge < -0.3 is 10.2 Å². The summed E-state index contributed by atoms with van der Waals surface area (Å²) >= 11 is 0. The van der Waals surface area contributed by atoms with E-state index in [9.17, 15) is 15.0 Å².